The highest BCUT2D eigenvalue weighted by Gasteiger charge is 2.11. The molecule has 20 heavy (non-hydrogen) atoms. The van der Waals surface area contributed by atoms with Gasteiger partial charge in [0, 0.05) is 19.2 Å². The van der Waals surface area contributed by atoms with Crippen molar-refractivity contribution in [1.82, 2.24) is 4.98 Å². The van der Waals surface area contributed by atoms with Crippen molar-refractivity contribution >= 4 is 29.8 Å². The van der Waals surface area contributed by atoms with Crippen LogP contribution in [0.3, 0.4) is 0 Å². The number of Topliss-reactive ketones (excluding diaryl/α,β-unsaturated/α-hetero) is 2. The standard InChI is InChI=1S/C9H8BNO3.C4H6O2/c12-10(13)14-9-6-5-7-3-1-2-4-8(7)11-9;1-3(5)4(2)6/h1-6,12-13H;1-2H3. The Labute approximate surface area is 116 Å². The van der Waals surface area contributed by atoms with Crippen LogP contribution in [-0.2, 0) is 9.59 Å². The molecule has 0 aliphatic carbocycles. The first-order valence-electron chi connectivity index (χ1n) is 5.80. The Morgan fingerprint density at radius 3 is 2.20 bits per heavy atom. The van der Waals surface area contributed by atoms with Crippen molar-refractivity contribution in [3.05, 3.63) is 36.4 Å². The van der Waals surface area contributed by atoms with E-state index in [-0.39, 0.29) is 17.4 Å². The molecule has 6 nitrogen and oxygen atoms in total. The molecule has 2 N–H and O–H groups in total. The van der Waals surface area contributed by atoms with E-state index in [2.05, 4.69) is 9.64 Å². The van der Waals surface area contributed by atoms with E-state index < -0.39 is 7.32 Å². The zero-order valence-electron chi connectivity index (χ0n) is 11.1. The minimum Gasteiger partial charge on any atom is -0.498 e. The molecule has 104 valence electrons. The zero-order chi connectivity index (χ0) is 15.1. The predicted octanol–water partition coefficient (Wildman–Crippen LogP) is 0.747. The third-order valence-electron chi connectivity index (χ3n) is 2.29. The minimum absolute atomic E-state index is 0.193. The second-order valence-corrected chi connectivity index (χ2v) is 3.90. The van der Waals surface area contributed by atoms with E-state index in [0.29, 0.717) is 0 Å². The van der Waals surface area contributed by atoms with Crippen LogP contribution in [0.25, 0.3) is 10.9 Å². The van der Waals surface area contributed by atoms with E-state index in [0.717, 1.165) is 10.9 Å². The van der Waals surface area contributed by atoms with Gasteiger partial charge in [-0.2, -0.15) is 0 Å². The van der Waals surface area contributed by atoms with Gasteiger partial charge in [0.2, 0.25) is 0 Å². The van der Waals surface area contributed by atoms with Gasteiger partial charge in [-0.3, -0.25) is 9.59 Å². The van der Waals surface area contributed by atoms with Crippen LogP contribution in [0.15, 0.2) is 36.4 Å². The molecule has 0 radical (unpaired) electrons. The van der Waals surface area contributed by atoms with Crippen molar-refractivity contribution in [2.45, 2.75) is 13.8 Å². The van der Waals surface area contributed by atoms with Gasteiger partial charge in [0.15, 0.2) is 17.4 Å². The van der Waals surface area contributed by atoms with Crippen molar-refractivity contribution < 1.29 is 24.3 Å². The summed E-state index contributed by atoms with van der Waals surface area (Å²) in [6.07, 6.45) is 0. The molecule has 0 aliphatic heterocycles. The Hall–Kier alpha value is -2.25. The monoisotopic (exact) mass is 275 g/mol. The Morgan fingerprint density at radius 2 is 1.65 bits per heavy atom. The van der Waals surface area contributed by atoms with Crippen LogP contribution < -0.4 is 4.65 Å². The summed E-state index contributed by atoms with van der Waals surface area (Å²) in [6, 6.07) is 10.9. The third-order valence-corrected chi connectivity index (χ3v) is 2.29. The van der Waals surface area contributed by atoms with Gasteiger partial charge >= 0.3 is 7.32 Å². The van der Waals surface area contributed by atoms with E-state index in [1.165, 1.54) is 13.8 Å². The van der Waals surface area contributed by atoms with Crippen molar-refractivity contribution in [2.24, 2.45) is 0 Å². The molecule has 0 aliphatic rings. The van der Waals surface area contributed by atoms with E-state index in [9.17, 15) is 9.59 Å². The highest BCUT2D eigenvalue weighted by Crippen LogP contribution is 2.15. The highest BCUT2D eigenvalue weighted by atomic mass is 16.6. The van der Waals surface area contributed by atoms with Crippen molar-refractivity contribution in [3.63, 3.8) is 0 Å². The number of aromatic nitrogens is 1. The largest absolute Gasteiger partial charge is 0.708 e. The molecule has 1 aromatic carbocycles. The van der Waals surface area contributed by atoms with Gasteiger partial charge in [-0.15, -0.1) is 0 Å². The number of benzene rings is 1. The van der Waals surface area contributed by atoms with Crippen molar-refractivity contribution in [3.8, 4) is 5.88 Å². The average molecular weight is 275 g/mol. The molecule has 2 aromatic rings. The number of hydrogen-bond donors (Lipinski definition) is 2. The summed E-state index contributed by atoms with van der Waals surface area (Å²) in [5.74, 6) is -0.566. The first kappa shape index (κ1) is 15.8. The number of ketones is 2. The number of carbonyl (C=O) groups is 2. The van der Waals surface area contributed by atoms with Crippen LogP contribution in [0.4, 0.5) is 0 Å². The fraction of sp³-hybridized carbons (Fsp3) is 0.154. The van der Waals surface area contributed by atoms with E-state index in [4.69, 9.17) is 10.0 Å². The highest BCUT2D eigenvalue weighted by molar-refractivity contribution is 6.35. The molecular weight excluding hydrogens is 261 g/mol. The maximum absolute atomic E-state index is 9.79. The first-order valence-corrected chi connectivity index (χ1v) is 5.80. The van der Waals surface area contributed by atoms with E-state index in [1.54, 1.807) is 12.1 Å². The number of carbonyl (C=O) groups excluding carboxylic acids is 2. The third kappa shape index (κ3) is 5.17. The van der Waals surface area contributed by atoms with Gasteiger partial charge in [-0.05, 0) is 18.2 Å². The summed E-state index contributed by atoms with van der Waals surface area (Å²) in [5, 5.41) is 18.1. The average Bonchev–Trinajstić information content (AvgIpc) is 2.38. The van der Waals surface area contributed by atoms with Crippen LogP contribution in [0.2, 0.25) is 0 Å². The molecule has 0 fully saturated rings. The zero-order valence-corrected chi connectivity index (χ0v) is 11.1. The van der Waals surface area contributed by atoms with E-state index in [1.807, 2.05) is 24.3 Å². The number of pyridine rings is 1. The van der Waals surface area contributed by atoms with Gasteiger partial charge in [-0.1, -0.05) is 18.2 Å². The summed E-state index contributed by atoms with van der Waals surface area (Å²) in [7, 11) is -1.83. The van der Waals surface area contributed by atoms with Crippen LogP contribution in [0.1, 0.15) is 13.8 Å². The summed E-state index contributed by atoms with van der Waals surface area (Å²) in [6.45, 7) is 2.50. The molecule has 1 aromatic heterocycles. The molecule has 0 bridgehead atoms. The predicted molar refractivity (Wildman–Crippen MR) is 73.9 cm³/mol. The number of nitrogens with zero attached hydrogens (tertiary/aromatic N) is 1. The maximum Gasteiger partial charge on any atom is 0.708 e. The lowest BCUT2D eigenvalue weighted by Crippen LogP contribution is -2.21. The van der Waals surface area contributed by atoms with Crippen LogP contribution in [-0.4, -0.2) is 33.9 Å². The Balaban J connectivity index is 0.000000286. The second-order valence-electron chi connectivity index (χ2n) is 3.90. The van der Waals surface area contributed by atoms with Crippen LogP contribution in [0.5, 0.6) is 5.88 Å². The second kappa shape index (κ2) is 7.37. The van der Waals surface area contributed by atoms with Gasteiger partial charge in [0.05, 0.1) is 5.52 Å². The molecule has 0 saturated heterocycles. The first-order chi connectivity index (χ1) is 9.40. The molecule has 0 spiro atoms. The topological polar surface area (TPSA) is 96.7 Å². The molecule has 0 atom stereocenters. The number of para-hydroxylation sites is 1. The van der Waals surface area contributed by atoms with Gasteiger partial charge in [-0.25, -0.2) is 4.98 Å². The van der Waals surface area contributed by atoms with Crippen molar-refractivity contribution in [2.75, 3.05) is 0 Å². The van der Waals surface area contributed by atoms with Crippen molar-refractivity contribution in [1.29, 1.82) is 0 Å². The lowest BCUT2D eigenvalue weighted by molar-refractivity contribution is -0.134. The maximum atomic E-state index is 9.79. The lowest BCUT2D eigenvalue weighted by Gasteiger charge is -2.04. The molecule has 2 rings (SSSR count). The fourth-order valence-electron chi connectivity index (χ4n) is 1.22. The molecule has 0 amide bonds. The SMILES string of the molecule is CC(=O)C(C)=O.OB(O)Oc1ccc2ccccc2n1. The number of rotatable bonds is 3. The smallest absolute Gasteiger partial charge is 0.498 e. The van der Waals surface area contributed by atoms with Gasteiger partial charge in [0.1, 0.15) is 0 Å². The Morgan fingerprint density at radius 1 is 1.05 bits per heavy atom. The quantitative estimate of drug-likeness (QED) is 0.633. The summed E-state index contributed by atoms with van der Waals surface area (Å²) in [4.78, 5) is 23.7. The molecule has 1 heterocycles. The molecule has 0 unspecified atom stereocenters. The Bertz CT molecular complexity index is 602. The summed E-state index contributed by atoms with van der Waals surface area (Å²) in [5.41, 5.74) is 0.755. The lowest BCUT2D eigenvalue weighted by atomic mass is 10.2. The summed E-state index contributed by atoms with van der Waals surface area (Å²) < 4.78 is 4.62. The van der Waals surface area contributed by atoms with Crippen LogP contribution in [0, 0.1) is 0 Å². The van der Waals surface area contributed by atoms with Gasteiger partial charge in [0.25, 0.3) is 0 Å². The minimum atomic E-state index is -1.83. The fourth-order valence-corrected chi connectivity index (χ4v) is 1.22. The number of fused-ring (bicyclic) bond motifs is 1. The Kier molecular flexibility index (Phi) is 5.83. The molecular formula is C13H14BNO5. The molecule has 0 saturated carbocycles. The molecule has 7 heteroatoms. The van der Waals surface area contributed by atoms with Crippen LogP contribution >= 0.6 is 0 Å². The van der Waals surface area contributed by atoms with E-state index >= 15 is 0 Å². The summed E-state index contributed by atoms with van der Waals surface area (Å²) >= 11 is 0. The normalized spacial score (nSPS) is 9.40. The number of hydrogen-bond acceptors (Lipinski definition) is 6. The van der Waals surface area contributed by atoms with Gasteiger partial charge < -0.3 is 14.7 Å².